The average Bonchev–Trinajstić information content (AvgIpc) is 2.69. The normalized spacial score (nSPS) is 10.5. The second kappa shape index (κ2) is 3.69. The Bertz CT molecular complexity index is 525. The van der Waals surface area contributed by atoms with Crippen LogP contribution >= 0.6 is 0 Å². The number of benzene rings is 1. The summed E-state index contributed by atoms with van der Waals surface area (Å²) in [5.74, 6) is 0.0925. The highest BCUT2D eigenvalue weighted by molar-refractivity contribution is 6.03. The first-order valence-electron chi connectivity index (χ1n) is 4.85. The van der Waals surface area contributed by atoms with Crippen molar-refractivity contribution in [2.45, 2.75) is 13.3 Å². The van der Waals surface area contributed by atoms with Gasteiger partial charge in [-0.15, -0.1) is 0 Å². The van der Waals surface area contributed by atoms with E-state index in [1.54, 1.807) is 18.3 Å². The maximum absolute atomic E-state index is 11.5. The van der Waals surface area contributed by atoms with E-state index in [4.69, 9.17) is 0 Å². The van der Waals surface area contributed by atoms with E-state index < -0.39 is 0 Å². The smallest absolute Gasteiger partial charge is 0.162 e. The van der Waals surface area contributed by atoms with Crippen LogP contribution < -0.4 is 0 Å². The Kier molecular flexibility index (Phi) is 2.37. The molecule has 0 fully saturated rings. The topological polar surface area (TPSA) is 49.9 Å². The zero-order chi connectivity index (χ0) is 10.8. The van der Waals surface area contributed by atoms with E-state index in [0.29, 0.717) is 17.5 Å². The van der Waals surface area contributed by atoms with Gasteiger partial charge in [-0.3, -0.25) is 9.59 Å². The number of Topliss-reactive ketones (excluding diaryl/α,β-unsaturated/α-hetero) is 1. The van der Waals surface area contributed by atoms with E-state index in [1.165, 1.54) is 0 Å². The van der Waals surface area contributed by atoms with Crippen LogP contribution in [-0.2, 0) is 0 Å². The van der Waals surface area contributed by atoms with Crippen LogP contribution in [-0.4, -0.2) is 17.1 Å². The van der Waals surface area contributed by atoms with Gasteiger partial charge < -0.3 is 4.98 Å². The molecule has 0 spiro atoms. The third-order valence-electron chi connectivity index (χ3n) is 2.48. The van der Waals surface area contributed by atoms with Crippen LogP contribution in [0.25, 0.3) is 10.9 Å². The number of hydrogen-bond donors (Lipinski definition) is 1. The quantitative estimate of drug-likeness (QED) is 0.612. The summed E-state index contributed by atoms with van der Waals surface area (Å²) in [6.07, 6.45) is 2.92. The lowest BCUT2D eigenvalue weighted by molar-refractivity contribution is 0.0987. The maximum atomic E-state index is 11.5. The Hall–Kier alpha value is -1.90. The highest BCUT2D eigenvalue weighted by Crippen LogP contribution is 2.19. The van der Waals surface area contributed by atoms with Crippen LogP contribution in [0.4, 0.5) is 0 Å². The first-order valence-corrected chi connectivity index (χ1v) is 4.85. The molecule has 0 bridgehead atoms. The summed E-state index contributed by atoms with van der Waals surface area (Å²) >= 11 is 0. The minimum atomic E-state index is 0.0925. The highest BCUT2D eigenvalue weighted by atomic mass is 16.1. The molecule has 3 nitrogen and oxygen atoms in total. The fraction of sp³-hybridized carbons (Fsp3) is 0.167. The Morgan fingerprint density at radius 1 is 1.47 bits per heavy atom. The Morgan fingerprint density at radius 3 is 2.93 bits per heavy atom. The summed E-state index contributed by atoms with van der Waals surface area (Å²) in [7, 11) is 0. The zero-order valence-corrected chi connectivity index (χ0v) is 8.41. The lowest BCUT2D eigenvalue weighted by Gasteiger charge is -1.98. The van der Waals surface area contributed by atoms with E-state index in [2.05, 4.69) is 4.98 Å². The van der Waals surface area contributed by atoms with E-state index in [9.17, 15) is 9.59 Å². The lowest BCUT2D eigenvalue weighted by atomic mass is 10.1. The molecule has 0 atom stereocenters. The van der Waals surface area contributed by atoms with E-state index in [1.807, 2.05) is 13.0 Å². The largest absolute Gasteiger partial charge is 0.360 e. The van der Waals surface area contributed by atoms with Gasteiger partial charge in [0.1, 0.15) is 0 Å². The van der Waals surface area contributed by atoms with Gasteiger partial charge in [-0.25, -0.2) is 0 Å². The molecule has 1 aromatic carbocycles. The van der Waals surface area contributed by atoms with Gasteiger partial charge >= 0.3 is 0 Å². The molecule has 2 rings (SSSR count). The van der Waals surface area contributed by atoms with Crippen LogP contribution in [0.1, 0.15) is 34.1 Å². The van der Waals surface area contributed by atoms with Gasteiger partial charge in [0.05, 0.1) is 0 Å². The van der Waals surface area contributed by atoms with Crippen molar-refractivity contribution in [2.24, 2.45) is 0 Å². The fourth-order valence-electron chi connectivity index (χ4n) is 1.62. The van der Waals surface area contributed by atoms with E-state index >= 15 is 0 Å². The molecule has 0 aliphatic carbocycles. The van der Waals surface area contributed by atoms with Crippen molar-refractivity contribution in [3.8, 4) is 0 Å². The summed E-state index contributed by atoms with van der Waals surface area (Å²) < 4.78 is 0. The van der Waals surface area contributed by atoms with Gasteiger partial charge in [0.15, 0.2) is 12.1 Å². The summed E-state index contributed by atoms with van der Waals surface area (Å²) in [6.45, 7) is 1.82. The Balaban J connectivity index is 2.62. The van der Waals surface area contributed by atoms with Gasteiger partial charge in [0.25, 0.3) is 0 Å². The lowest BCUT2D eigenvalue weighted by Crippen LogP contribution is -1.95. The number of fused-ring (bicyclic) bond motifs is 1. The summed E-state index contributed by atoms with van der Waals surface area (Å²) in [5, 5.41) is 0.810. The van der Waals surface area contributed by atoms with Gasteiger partial charge in [-0.2, -0.15) is 0 Å². The zero-order valence-electron chi connectivity index (χ0n) is 8.41. The SMILES string of the molecule is CCC(=O)c1ccc2[nH]cc(C=O)c2c1. The van der Waals surface area contributed by atoms with Gasteiger partial charge in [0, 0.05) is 34.6 Å². The molecule has 3 heteroatoms. The van der Waals surface area contributed by atoms with Crippen molar-refractivity contribution in [3.63, 3.8) is 0 Å². The monoisotopic (exact) mass is 201 g/mol. The van der Waals surface area contributed by atoms with Crippen molar-refractivity contribution in [3.05, 3.63) is 35.5 Å². The molecule has 0 unspecified atom stereocenters. The van der Waals surface area contributed by atoms with Crippen molar-refractivity contribution in [1.29, 1.82) is 0 Å². The van der Waals surface area contributed by atoms with Crippen molar-refractivity contribution in [1.82, 2.24) is 4.98 Å². The van der Waals surface area contributed by atoms with Crippen LogP contribution in [0.2, 0.25) is 0 Å². The first-order chi connectivity index (χ1) is 7.26. The van der Waals surface area contributed by atoms with Gasteiger partial charge in [0.2, 0.25) is 0 Å². The highest BCUT2D eigenvalue weighted by Gasteiger charge is 2.07. The molecule has 0 aliphatic heterocycles. The molecule has 1 heterocycles. The molecular weight excluding hydrogens is 190 g/mol. The molecule has 1 aromatic heterocycles. The second-order valence-corrected chi connectivity index (χ2v) is 3.40. The van der Waals surface area contributed by atoms with Crippen LogP contribution in [0.15, 0.2) is 24.4 Å². The van der Waals surface area contributed by atoms with Crippen LogP contribution in [0, 0.1) is 0 Å². The molecule has 2 aromatic rings. The molecule has 0 saturated heterocycles. The number of hydrogen-bond acceptors (Lipinski definition) is 2. The predicted molar refractivity (Wildman–Crippen MR) is 58.3 cm³/mol. The van der Waals surface area contributed by atoms with Gasteiger partial charge in [-0.1, -0.05) is 6.92 Å². The number of rotatable bonds is 3. The second-order valence-electron chi connectivity index (χ2n) is 3.40. The number of aromatic nitrogens is 1. The summed E-state index contributed by atoms with van der Waals surface area (Å²) in [6, 6.07) is 5.37. The molecule has 76 valence electrons. The van der Waals surface area contributed by atoms with Crippen molar-refractivity contribution < 1.29 is 9.59 Å². The Labute approximate surface area is 87.1 Å². The molecule has 15 heavy (non-hydrogen) atoms. The molecule has 0 amide bonds. The minimum Gasteiger partial charge on any atom is -0.360 e. The molecule has 0 saturated carbocycles. The predicted octanol–water partition coefficient (Wildman–Crippen LogP) is 2.57. The number of H-pyrrole nitrogens is 1. The van der Waals surface area contributed by atoms with E-state index in [-0.39, 0.29) is 5.78 Å². The van der Waals surface area contributed by atoms with Gasteiger partial charge in [-0.05, 0) is 18.2 Å². The summed E-state index contributed by atoms with van der Waals surface area (Å²) in [5.41, 5.74) is 2.13. The minimum absolute atomic E-state index is 0.0925. The third-order valence-corrected chi connectivity index (χ3v) is 2.48. The number of carbonyl (C=O) groups is 2. The van der Waals surface area contributed by atoms with Crippen LogP contribution in [0.5, 0.6) is 0 Å². The van der Waals surface area contributed by atoms with E-state index in [0.717, 1.165) is 17.2 Å². The molecule has 0 radical (unpaired) electrons. The third kappa shape index (κ3) is 1.56. The number of ketones is 1. The van der Waals surface area contributed by atoms with Crippen molar-refractivity contribution in [2.75, 3.05) is 0 Å². The number of aromatic amines is 1. The van der Waals surface area contributed by atoms with Crippen LogP contribution in [0.3, 0.4) is 0 Å². The Morgan fingerprint density at radius 2 is 2.27 bits per heavy atom. The maximum Gasteiger partial charge on any atom is 0.162 e. The number of aldehydes is 1. The standard InChI is InChI=1S/C12H11NO2/c1-2-12(15)8-3-4-11-10(5-8)9(7-14)6-13-11/h3-7,13H,2H2,1H3. The van der Waals surface area contributed by atoms with Crippen molar-refractivity contribution >= 4 is 23.0 Å². The first kappa shape index (κ1) is 9.65. The number of carbonyl (C=O) groups excluding carboxylic acids is 2. The molecule has 1 N–H and O–H groups in total. The molecule has 0 aliphatic rings. The average molecular weight is 201 g/mol. The molecular formula is C12H11NO2. The summed E-state index contributed by atoms with van der Waals surface area (Å²) in [4.78, 5) is 25.2. The number of nitrogens with one attached hydrogen (secondary N) is 1. The fourth-order valence-corrected chi connectivity index (χ4v) is 1.62.